The fraction of sp³-hybridized carbons (Fsp3) is 0.600. The summed E-state index contributed by atoms with van der Waals surface area (Å²) in [6.07, 6.45) is 2.43. The van der Waals surface area contributed by atoms with Crippen LogP contribution in [0, 0.1) is 0 Å². The van der Waals surface area contributed by atoms with Gasteiger partial charge in [0.05, 0.1) is 5.69 Å². The summed E-state index contributed by atoms with van der Waals surface area (Å²) in [6.45, 7) is 5.79. The van der Waals surface area contributed by atoms with Gasteiger partial charge in [0.2, 0.25) is 0 Å². The first-order valence-corrected chi connectivity index (χ1v) is 8.86. The van der Waals surface area contributed by atoms with Gasteiger partial charge in [0.25, 0.3) is 0 Å². The monoisotopic (exact) mass is 388 g/mol. The summed E-state index contributed by atoms with van der Waals surface area (Å²) in [5, 5.41) is 0.909. The molecule has 106 valence electrons. The van der Waals surface area contributed by atoms with Gasteiger partial charge < -0.3 is 9.80 Å². The first kappa shape index (κ1) is 15.3. The van der Waals surface area contributed by atoms with Crippen molar-refractivity contribution in [3.8, 4) is 0 Å². The molecule has 1 aromatic rings. The molecule has 0 aliphatic carbocycles. The summed E-state index contributed by atoms with van der Waals surface area (Å²) >= 11 is 7.26. The lowest BCUT2D eigenvalue weighted by atomic mass is 10.1. The minimum Gasteiger partial charge on any atom is -0.366 e. The number of likely N-dealkylation sites (N-methyl/N-ethyl adjacent to an activating group) is 1. The Morgan fingerprint density at radius 2 is 2.11 bits per heavy atom. The third-order valence-electron chi connectivity index (χ3n) is 3.85. The maximum Gasteiger partial charge on any atom is 0.0513 e. The molecule has 1 heterocycles. The second kappa shape index (κ2) is 7.09. The van der Waals surface area contributed by atoms with E-state index in [-0.39, 0.29) is 0 Å². The molecule has 2 nitrogen and oxygen atoms in total. The Morgan fingerprint density at radius 3 is 2.74 bits per heavy atom. The highest BCUT2D eigenvalue weighted by molar-refractivity contribution is 9.10. The quantitative estimate of drug-likeness (QED) is 0.712. The topological polar surface area (TPSA) is 6.48 Å². The Labute approximate surface area is 133 Å². The van der Waals surface area contributed by atoms with Gasteiger partial charge in [-0.2, -0.15) is 0 Å². The number of rotatable bonds is 3. The first-order chi connectivity index (χ1) is 9.15. The van der Waals surface area contributed by atoms with E-state index >= 15 is 0 Å². The summed E-state index contributed by atoms with van der Waals surface area (Å²) in [5.74, 6) is 0. The van der Waals surface area contributed by atoms with Crippen molar-refractivity contribution in [1.29, 1.82) is 0 Å². The van der Waals surface area contributed by atoms with Crippen LogP contribution in [0.15, 0.2) is 22.7 Å². The van der Waals surface area contributed by atoms with Crippen molar-refractivity contribution < 1.29 is 0 Å². The Bertz CT molecular complexity index is 423. The maximum absolute atomic E-state index is 3.74. The second-order valence-electron chi connectivity index (χ2n) is 5.29. The van der Waals surface area contributed by atoms with Gasteiger partial charge in [-0.25, -0.2) is 0 Å². The number of hydrogen-bond acceptors (Lipinski definition) is 2. The number of alkyl halides is 1. The zero-order chi connectivity index (χ0) is 13.8. The third kappa shape index (κ3) is 3.73. The van der Waals surface area contributed by atoms with Crippen LogP contribution >= 0.6 is 31.9 Å². The van der Waals surface area contributed by atoms with E-state index in [1.165, 1.54) is 35.1 Å². The molecule has 1 saturated heterocycles. The highest BCUT2D eigenvalue weighted by Crippen LogP contribution is 2.31. The number of nitrogens with zero attached hydrogens (tertiary/aromatic N) is 2. The lowest BCUT2D eigenvalue weighted by Crippen LogP contribution is -2.40. The van der Waals surface area contributed by atoms with E-state index in [0.717, 1.165) is 18.4 Å². The van der Waals surface area contributed by atoms with Crippen molar-refractivity contribution in [2.24, 2.45) is 0 Å². The second-order valence-corrected chi connectivity index (χ2v) is 6.71. The molecule has 1 fully saturated rings. The minimum absolute atomic E-state index is 0.610. The maximum atomic E-state index is 3.74. The molecule has 19 heavy (non-hydrogen) atoms. The molecule has 1 unspecified atom stereocenters. The molecule has 1 aliphatic rings. The van der Waals surface area contributed by atoms with Crippen molar-refractivity contribution in [1.82, 2.24) is 4.90 Å². The minimum atomic E-state index is 0.610. The Hall–Kier alpha value is -0.0600. The number of anilines is 1. The van der Waals surface area contributed by atoms with Crippen molar-refractivity contribution in [2.75, 3.05) is 31.6 Å². The number of halogens is 2. The van der Waals surface area contributed by atoms with Crippen LogP contribution in [0.5, 0.6) is 0 Å². The van der Waals surface area contributed by atoms with Crippen LogP contribution in [0.4, 0.5) is 5.69 Å². The van der Waals surface area contributed by atoms with Crippen molar-refractivity contribution >= 4 is 37.5 Å². The van der Waals surface area contributed by atoms with Crippen molar-refractivity contribution in [2.45, 2.75) is 31.1 Å². The van der Waals surface area contributed by atoms with Crippen LogP contribution in [0.25, 0.3) is 0 Å². The molecule has 0 spiro atoms. The van der Waals surface area contributed by atoms with E-state index in [0.29, 0.717) is 6.04 Å². The van der Waals surface area contributed by atoms with Crippen molar-refractivity contribution in [3.05, 3.63) is 28.2 Å². The SMILES string of the molecule is CCC1CN(C)CCCN1c1ccc(CBr)cc1Br. The lowest BCUT2D eigenvalue weighted by molar-refractivity contribution is 0.328. The van der Waals surface area contributed by atoms with Crippen LogP contribution in [-0.4, -0.2) is 37.6 Å². The third-order valence-corrected chi connectivity index (χ3v) is 5.13. The van der Waals surface area contributed by atoms with Crippen molar-refractivity contribution in [3.63, 3.8) is 0 Å². The van der Waals surface area contributed by atoms with Gasteiger partial charge in [-0.05, 0) is 60.1 Å². The Kier molecular flexibility index (Phi) is 5.72. The fourth-order valence-electron chi connectivity index (χ4n) is 2.78. The molecule has 0 saturated carbocycles. The van der Waals surface area contributed by atoms with E-state index in [4.69, 9.17) is 0 Å². The molecule has 0 bridgehead atoms. The highest BCUT2D eigenvalue weighted by atomic mass is 79.9. The average molecular weight is 390 g/mol. The molecule has 1 aliphatic heterocycles. The van der Waals surface area contributed by atoms with Crippen LogP contribution in [0.3, 0.4) is 0 Å². The van der Waals surface area contributed by atoms with E-state index in [1.54, 1.807) is 0 Å². The van der Waals surface area contributed by atoms with Gasteiger partial charge in [0.15, 0.2) is 0 Å². The summed E-state index contributed by atoms with van der Waals surface area (Å²) < 4.78 is 1.22. The largest absolute Gasteiger partial charge is 0.366 e. The van der Waals surface area contributed by atoms with Gasteiger partial charge >= 0.3 is 0 Å². The molecule has 0 radical (unpaired) electrons. The van der Waals surface area contributed by atoms with Gasteiger partial charge in [-0.15, -0.1) is 0 Å². The molecule has 2 rings (SSSR count). The smallest absolute Gasteiger partial charge is 0.0513 e. The molecule has 0 N–H and O–H groups in total. The normalized spacial score (nSPS) is 21.5. The van der Waals surface area contributed by atoms with Gasteiger partial charge in [-0.1, -0.05) is 28.9 Å². The van der Waals surface area contributed by atoms with Crippen LogP contribution in [-0.2, 0) is 5.33 Å². The lowest BCUT2D eigenvalue weighted by Gasteiger charge is -2.33. The summed E-state index contributed by atoms with van der Waals surface area (Å²) in [7, 11) is 2.23. The number of benzene rings is 1. The van der Waals surface area contributed by atoms with Gasteiger partial charge in [0, 0.05) is 28.9 Å². The average Bonchev–Trinajstić information content (AvgIpc) is 2.60. The summed E-state index contributed by atoms with van der Waals surface area (Å²) in [4.78, 5) is 5.03. The Balaban J connectivity index is 2.27. The predicted octanol–water partition coefficient (Wildman–Crippen LogP) is 4.26. The first-order valence-electron chi connectivity index (χ1n) is 6.95. The molecular weight excluding hydrogens is 368 g/mol. The van der Waals surface area contributed by atoms with E-state index < -0.39 is 0 Å². The van der Waals surface area contributed by atoms with Crippen LogP contribution < -0.4 is 4.90 Å². The highest BCUT2D eigenvalue weighted by Gasteiger charge is 2.23. The van der Waals surface area contributed by atoms with Crippen LogP contribution in [0.1, 0.15) is 25.3 Å². The standard InChI is InChI=1S/C15H22Br2N2/c1-3-13-11-18(2)7-4-8-19(13)15-6-5-12(10-16)9-14(15)17/h5-6,9,13H,3-4,7-8,10-11H2,1-2H3. The zero-order valence-electron chi connectivity index (χ0n) is 11.7. The molecular formula is C15H22Br2N2. The summed E-state index contributed by atoms with van der Waals surface area (Å²) in [6, 6.07) is 7.31. The van der Waals surface area contributed by atoms with Gasteiger partial charge in [-0.3, -0.25) is 0 Å². The van der Waals surface area contributed by atoms with Gasteiger partial charge in [0.1, 0.15) is 0 Å². The Morgan fingerprint density at radius 1 is 1.32 bits per heavy atom. The van der Waals surface area contributed by atoms with E-state index in [2.05, 4.69) is 73.8 Å². The zero-order valence-corrected chi connectivity index (χ0v) is 14.9. The molecule has 4 heteroatoms. The van der Waals surface area contributed by atoms with Crippen LogP contribution in [0.2, 0.25) is 0 Å². The van der Waals surface area contributed by atoms with E-state index in [1.807, 2.05) is 0 Å². The number of hydrogen-bond donors (Lipinski definition) is 0. The summed E-state index contributed by atoms with van der Waals surface area (Å²) in [5.41, 5.74) is 2.66. The molecule has 1 aromatic carbocycles. The fourth-order valence-corrected chi connectivity index (χ4v) is 3.78. The molecule has 0 amide bonds. The molecule has 1 atom stereocenters. The predicted molar refractivity (Wildman–Crippen MR) is 90.3 cm³/mol. The molecule has 0 aromatic heterocycles. The van der Waals surface area contributed by atoms with E-state index in [9.17, 15) is 0 Å².